The lowest BCUT2D eigenvalue weighted by atomic mass is 9.46. The Morgan fingerprint density at radius 3 is 2.50 bits per heavy atom. The molecule has 0 aromatic heterocycles. The summed E-state index contributed by atoms with van der Waals surface area (Å²) in [7, 11) is 0. The summed E-state index contributed by atoms with van der Waals surface area (Å²) in [5.41, 5.74) is 0.447. The Morgan fingerprint density at radius 1 is 1.19 bits per heavy atom. The van der Waals surface area contributed by atoms with Crippen LogP contribution in [0.2, 0.25) is 0 Å². The average molecular weight is 225 g/mol. The molecule has 1 unspecified atom stereocenters. The number of nitrogens with zero attached hydrogens (tertiary/aromatic N) is 1. The van der Waals surface area contributed by atoms with Crippen LogP contribution in [0.3, 0.4) is 0 Å². The zero-order valence-corrected chi connectivity index (χ0v) is 10.4. The van der Waals surface area contributed by atoms with Gasteiger partial charge in [0.25, 0.3) is 0 Å². The Labute approximate surface area is 97.8 Å². The first kappa shape index (κ1) is 11.0. The van der Waals surface area contributed by atoms with E-state index < -0.39 is 0 Å². The molecule has 16 heavy (non-hydrogen) atoms. The van der Waals surface area contributed by atoms with Gasteiger partial charge in [0, 0.05) is 19.1 Å². The smallest absolute Gasteiger partial charge is 0.0701 e. The predicted molar refractivity (Wildman–Crippen MR) is 62.2 cm³/mol. The minimum atomic E-state index is -0.102. The van der Waals surface area contributed by atoms with Crippen molar-refractivity contribution in [3.63, 3.8) is 0 Å². The predicted octanol–water partition coefficient (Wildman–Crippen LogP) is 1.11. The highest BCUT2D eigenvalue weighted by Gasteiger charge is 2.58. The van der Waals surface area contributed by atoms with E-state index >= 15 is 0 Å². The summed E-state index contributed by atoms with van der Waals surface area (Å²) >= 11 is 0. The number of ether oxygens (including phenoxy) is 1. The van der Waals surface area contributed by atoms with Crippen molar-refractivity contribution in [2.45, 2.75) is 38.8 Å². The number of morpholine rings is 1. The molecule has 1 aliphatic heterocycles. The first-order valence-electron chi connectivity index (χ1n) is 6.60. The third-order valence-corrected chi connectivity index (χ3v) is 5.35. The van der Waals surface area contributed by atoms with E-state index in [1.165, 1.54) is 6.42 Å². The van der Waals surface area contributed by atoms with Gasteiger partial charge >= 0.3 is 0 Å². The third-order valence-electron chi connectivity index (χ3n) is 5.35. The first-order chi connectivity index (χ1) is 7.60. The summed E-state index contributed by atoms with van der Waals surface area (Å²) in [5, 5.41) is 10.3. The molecule has 1 N–H and O–H groups in total. The van der Waals surface area contributed by atoms with Gasteiger partial charge in [0.05, 0.1) is 19.3 Å². The van der Waals surface area contributed by atoms with E-state index in [1.807, 2.05) is 0 Å². The minimum absolute atomic E-state index is 0.102. The van der Waals surface area contributed by atoms with Crippen molar-refractivity contribution < 1.29 is 9.84 Å². The average Bonchev–Trinajstić information content (AvgIpc) is 2.29. The van der Waals surface area contributed by atoms with Crippen LogP contribution in [0.5, 0.6) is 0 Å². The normalized spacial score (nSPS) is 47.4. The fraction of sp³-hybridized carbons (Fsp3) is 1.00. The van der Waals surface area contributed by atoms with Gasteiger partial charge < -0.3 is 9.84 Å². The standard InChI is InChI=1S/C13H23NO2/c1-13(2)9-7-10(13)12(11(15)8-9)14-3-5-16-6-4-14/h9-12,15H,3-8H2,1-2H3/t9-,10+,11-,12?/m1/s1. The molecule has 0 aromatic carbocycles. The van der Waals surface area contributed by atoms with Crippen LogP contribution in [0.4, 0.5) is 0 Å². The number of rotatable bonds is 1. The first-order valence-corrected chi connectivity index (χ1v) is 6.60. The molecule has 2 bridgehead atoms. The van der Waals surface area contributed by atoms with Crippen LogP contribution in [-0.2, 0) is 4.74 Å². The van der Waals surface area contributed by atoms with Gasteiger partial charge in [-0.2, -0.15) is 0 Å². The lowest BCUT2D eigenvalue weighted by Gasteiger charge is -2.63. The summed E-state index contributed by atoms with van der Waals surface area (Å²) in [4.78, 5) is 2.47. The molecule has 3 nitrogen and oxygen atoms in total. The van der Waals surface area contributed by atoms with Crippen molar-refractivity contribution >= 4 is 0 Å². The van der Waals surface area contributed by atoms with Crippen molar-refractivity contribution in [3.05, 3.63) is 0 Å². The van der Waals surface area contributed by atoms with Crippen molar-refractivity contribution in [2.24, 2.45) is 17.3 Å². The summed E-state index contributed by atoms with van der Waals surface area (Å²) < 4.78 is 5.40. The molecular weight excluding hydrogens is 202 g/mol. The SMILES string of the molecule is CC1(C)[C@H]2C[C@@H](O)C(N3CCOCC3)[C@@H]1C2. The Bertz CT molecular complexity index is 273. The highest BCUT2D eigenvalue weighted by molar-refractivity contribution is 5.09. The maximum absolute atomic E-state index is 10.3. The molecule has 3 saturated carbocycles. The quantitative estimate of drug-likeness (QED) is 0.726. The molecule has 4 aliphatic rings. The van der Waals surface area contributed by atoms with Crippen LogP contribution in [0, 0.1) is 17.3 Å². The van der Waals surface area contributed by atoms with Gasteiger partial charge in [0.1, 0.15) is 0 Å². The van der Waals surface area contributed by atoms with Crippen molar-refractivity contribution in [1.29, 1.82) is 0 Å². The molecule has 0 aromatic rings. The number of aliphatic hydroxyl groups is 1. The maximum Gasteiger partial charge on any atom is 0.0701 e. The monoisotopic (exact) mass is 225 g/mol. The summed E-state index contributed by atoms with van der Waals surface area (Å²) in [6.45, 7) is 8.42. The van der Waals surface area contributed by atoms with Gasteiger partial charge in [0.15, 0.2) is 0 Å². The van der Waals surface area contributed by atoms with Gasteiger partial charge in [0.2, 0.25) is 0 Å². The van der Waals surface area contributed by atoms with Gasteiger partial charge in [-0.05, 0) is 30.1 Å². The van der Waals surface area contributed by atoms with E-state index in [2.05, 4.69) is 18.7 Å². The van der Waals surface area contributed by atoms with E-state index in [1.54, 1.807) is 0 Å². The number of hydrogen-bond donors (Lipinski definition) is 1. The Kier molecular flexibility index (Phi) is 2.54. The van der Waals surface area contributed by atoms with Gasteiger partial charge in [-0.3, -0.25) is 4.90 Å². The molecule has 92 valence electrons. The second kappa shape index (κ2) is 3.69. The minimum Gasteiger partial charge on any atom is -0.391 e. The highest BCUT2D eigenvalue weighted by atomic mass is 16.5. The number of hydrogen-bond acceptors (Lipinski definition) is 3. The molecule has 0 amide bonds. The second-order valence-electron chi connectivity index (χ2n) is 6.30. The Morgan fingerprint density at radius 2 is 1.88 bits per heavy atom. The highest BCUT2D eigenvalue weighted by Crippen LogP contribution is 2.60. The van der Waals surface area contributed by atoms with Crippen molar-refractivity contribution in [2.75, 3.05) is 26.3 Å². The summed E-state index contributed by atoms with van der Waals surface area (Å²) in [6, 6.07) is 0.392. The molecule has 4 fully saturated rings. The van der Waals surface area contributed by atoms with E-state index in [-0.39, 0.29) is 6.10 Å². The largest absolute Gasteiger partial charge is 0.391 e. The zero-order chi connectivity index (χ0) is 11.3. The van der Waals surface area contributed by atoms with Crippen LogP contribution < -0.4 is 0 Å². The zero-order valence-electron chi connectivity index (χ0n) is 10.4. The molecule has 4 atom stereocenters. The van der Waals surface area contributed by atoms with Crippen LogP contribution in [0.15, 0.2) is 0 Å². The molecule has 1 saturated heterocycles. The van der Waals surface area contributed by atoms with Crippen LogP contribution in [-0.4, -0.2) is 48.5 Å². The van der Waals surface area contributed by atoms with Crippen molar-refractivity contribution in [3.8, 4) is 0 Å². The fourth-order valence-corrected chi connectivity index (χ4v) is 4.11. The lowest BCUT2D eigenvalue weighted by molar-refractivity contribution is -0.180. The molecular formula is C13H23NO2. The maximum atomic E-state index is 10.3. The van der Waals surface area contributed by atoms with Crippen LogP contribution in [0.25, 0.3) is 0 Å². The molecule has 4 rings (SSSR count). The molecule has 1 heterocycles. The van der Waals surface area contributed by atoms with E-state index in [4.69, 9.17) is 4.74 Å². The third kappa shape index (κ3) is 1.45. The summed E-state index contributed by atoms with van der Waals surface area (Å²) in [5.74, 6) is 1.45. The molecule has 0 radical (unpaired) electrons. The summed E-state index contributed by atoms with van der Waals surface area (Å²) in [6.07, 6.45) is 2.23. The van der Waals surface area contributed by atoms with E-state index in [0.29, 0.717) is 17.4 Å². The lowest BCUT2D eigenvalue weighted by Crippen LogP contribution is -2.66. The molecule has 0 spiro atoms. The second-order valence-corrected chi connectivity index (χ2v) is 6.30. The van der Waals surface area contributed by atoms with Gasteiger partial charge in [-0.25, -0.2) is 0 Å². The number of fused-ring (bicyclic) bond motifs is 2. The van der Waals surface area contributed by atoms with E-state index in [0.717, 1.165) is 38.6 Å². The number of aliphatic hydroxyl groups excluding tert-OH is 1. The van der Waals surface area contributed by atoms with Crippen LogP contribution >= 0.6 is 0 Å². The van der Waals surface area contributed by atoms with Gasteiger partial charge in [-0.15, -0.1) is 0 Å². The Balaban J connectivity index is 1.76. The fourth-order valence-electron chi connectivity index (χ4n) is 4.11. The van der Waals surface area contributed by atoms with Crippen molar-refractivity contribution in [1.82, 2.24) is 4.90 Å². The topological polar surface area (TPSA) is 32.7 Å². The van der Waals surface area contributed by atoms with Gasteiger partial charge in [-0.1, -0.05) is 13.8 Å². The molecule has 3 heteroatoms. The molecule has 3 aliphatic carbocycles. The van der Waals surface area contributed by atoms with Crippen LogP contribution in [0.1, 0.15) is 26.7 Å². The van der Waals surface area contributed by atoms with E-state index in [9.17, 15) is 5.11 Å². The Hall–Kier alpha value is -0.120.